The third-order valence-corrected chi connectivity index (χ3v) is 12.0. The summed E-state index contributed by atoms with van der Waals surface area (Å²) < 4.78 is 26.5. The molecule has 59 heavy (non-hydrogen) atoms. The van der Waals surface area contributed by atoms with Gasteiger partial charge in [0.15, 0.2) is 6.10 Å². The molecule has 0 aromatic heterocycles. The lowest BCUT2D eigenvalue weighted by molar-refractivity contribution is -0.161. The molecule has 0 spiro atoms. The summed E-state index contributed by atoms with van der Waals surface area (Å²) in [7, 11) is -4.75. The van der Waals surface area contributed by atoms with Crippen LogP contribution in [0.25, 0.3) is 0 Å². The number of unbranched alkanes of at least 4 members (excludes halogenated alkanes) is 36. The third kappa shape index (κ3) is 49.3. The van der Waals surface area contributed by atoms with Crippen LogP contribution in [0, 0.1) is 0 Å². The van der Waals surface area contributed by atoms with Gasteiger partial charge in [-0.25, -0.2) is 4.57 Å². The summed E-state index contributed by atoms with van der Waals surface area (Å²) in [6.45, 7) is 3.74. The van der Waals surface area contributed by atoms with E-state index in [0.717, 1.165) is 32.1 Å². The van der Waals surface area contributed by atoms with Crippen molar-refractivity contribution in [2.75, 3.05) is 13.2 Å². The average Bonchev–Trinajstić information content (AvgIpc) is 3.21. The zero-order valence-electron chi connectivity index (χ0n) is 38.9. The topological polar surface area (TPSA) is 119 Å². The monoisotopic (exact) mass is 857 g/mol. The van der Waals surface area contributed by atoms with E-state index in [1.165, 1.54) is 212 Å². The molecule has 0 amide bonds. The number of esters is 2. The van der Waals surface area contributed by atoms with Crippen LogP contribution in [0.5, 0.6) is 0 Å². The number of phosphoric acid groups is 1. The Morgan fingerprint density at radius 3 is 1.03 bits per heavy atom. The molecular weight excluding hydrogens is 760 g/mol. The van der Waals surface area contributed by atoms with Gasteiger partial charge in [0.25, 0.3) is 0 Å². The smallest absolute Gasteiger partial charge is 0.462 e. The van der Waals surface area contributed by atoms with Crippen LogP contribution in [0.3, 0.4) is 0 Å². The number of carbonyl (C=O) groups is 2. The maximum atomic E-state index is 12.5. The Labute approximate surface area is 365 Å². The first kappa shape index (κ1) is 57.8. The second-order valence-electron chi connectivity index (χ2n) is 17.5. The van der Waals surface area contributed by atoms with Crippen LogP contribution in [0.4, 0.5) is 0 Å². The van der Waals surface area contributed by atoms with Crippen molar-refractivity contribution >= 4 is 19.8 Å². The second-order valence-corrected chi connectivity index (χ2v) is 18.7. The van der Waals surface area contributed by atoms with Crippen LogP contribution in [0.2, 0.25) is 0 Å². The van der Waals surface area contributed by atoms with Gasteiger partial charge in [-0.3, -0.25) is 14.1 Å². The van der Waals surface area contributed by atoms with Gasteiger partial charge in [0.05, 0.1) is 6.61 Å². The predicted molar refractivity (Wildman–Crippen MR) is 249 cm³/mol. The number of allylic oxidation sites excluding steroid dienone is 2. The minimum atomic E-state index is -4.75. The largest absolute Gasteiger partial charge is 0.469 e. The molecule has 8 nitrogen and oxygen atoms in total. The molecule has 0 aliphatic heterocycles. The Kier molecular flexibility index (Phi) is 45.3. The maximum Gasteiger partial charge on any atom is 0.469 e. The fraction of sp³-hybridized carbons (Fsp3) is 0.920. The predicted octanol–water partition coefficient (Wildman–Crippen LogP) is 16.1. The van der Waals surface area contributed by atoms with Crippen molar-refractivity contribution in [1.82, 2.24) is 0 Å². The molecule has 0 unspecified atom stereocenters. The van der Waals surface area contributed by atoms with E-state index in [2.05, 4.69) is 30.5 Å². The molecule has 0 saturated heterocycles. The van der Waals surface area contributed by atoms with Gasteiger partial charge in [-0.05, 0) is 38.5 Å². The van der Waals surface area contributed by atoms with Crippen LogP contribution in [0.15, 0.2) is 12.2 Å². The molecule has 2 N–H and O–H groups in total. The Balaban J connectivity index is 3.78. The Bertz CT molecular complexity index is 967. The fourth-order valence-corrected chi connectivity index (χ4v) is 8.09. The Morgan fingerprint density at radius 2 is 0.712 bits per heavy atom. The van der Waals surface area contributed by atoms with E-state index in [0.29, 0.717) is 6.42 Å². The highest BCUT2D eigenvalue weighted by molar-refractivity contribution is 7.46. The molecule has 0 heterocycles. The molecule has 0 aromatic carbocycles. The summed E-state index contributed by atoms with van der Waals surface area (Å²) in [5, 5.41) is 0. The van der Waals surface area contributed by atoms with E-state index in [4.69, 9.17) is 19.3 Å². The van der Waals surface area contributed by atoms with Gasteiger partial charge in [0, 0.05) is 12.8 Å². The summed E-state index contributed by atoms with van der Waals surface area (Å²) in [4.78, 5) is 43.1. The first-order valence-electron chi connectivity index (χ1n) is 25.5. The summed E-state index contributed by atoms with van der Waals surface area (Å²) in [5.41, 5.74) is 0. The van der Waals surface area contributed by atoms with E-state index < -0.39 is 32.5 Å². The van der Waals surface area contributed by atoms with Gasteiger partial charge in [0.1, 0.15) is 6.61 Å². The van der Waals surface area contributed by atoms with Crippen LogP contribution in [-0.2, 0) is 28.2 Å². The molecule has 0 aromatic rings. The number of ether oxygens (including phenoxy) is 2. The summed E-state index contributed by atoms with van der Waals surface area (Å²) in [6, 6.07) is 0. The first-order valence-corrected chi connectivity index (χ1v) is 27.0. The van der Waals surface area contributed by atoms with Crippen molar-refractivity contribution in [3.8, 4) is 0 Å². The highest BCUT2D eigenvalue weighted by Crippen LogP contribution is 2.36. The minimum absolute atomic E-state index is 0.219. The molecule has 1 atom stereocenters. The van der Waals surface area contributed by atoms with Gasteiger partial charge in [-0.2, -0.15) is 0 Å². The van der Waals surface area contributed by atoms with Crippen molar-refractivity contribution in [3.05, 3.63) is 12.2 Å². The Hall–Kier alpha value is -1.21. The summed E-state index contributed by atoms with van der Waals surface area (Å²) in [6.07, 6.45) is 53.7. The quantitative estimate of drug-likeness (QED) is 0.0269. The minimum Gasteiger partial charge on any atom is -0.462 e. The highest BCUT2D eigenvalue weighted by atomic mass is 31.2. The number of hydrogen-bond acceptors (Lipinski definition) is 6. The Morgan fingerprint density at radius 1 is 0.424 bits per heavy atom. The normalized spacial score (nSPS) is 12.4. The van der Waals surface area contributed by atoms with Gasteiger partial charge in [-0.1, -0.05) is 238 Å². The maximum absolute atomic E-state index is 12.5. The van der Waals surface area contributed by atoms with Crippen molar-refractivity contribution < 1.29 is 37.9 Å². The van der Waals surface area contributed by atoms with E-state index in [1.807, 2.05) is 0 Å². The third-order valence-electron chi connectivity index (χ3n) is 11.5. The van der Waals surface area contributed by atoms with Crippen LogP contribution < -0.4 is 0 Å². The summed E-state index contributed by atoms with van der Waals surface area (Å²) in [5.74, 6) is -0.867. The molecule has 0 bridgehead atoms. The van der Waals surface area contributed by atoms with Crippen LogP contribution >= 0.6 is 7.82 Å². The average molecular weight is 857 g/mol. The molecule has 0 rings (SSSR count). The molecule has 0 saturated carbocycles. The number of phosphoric ester groups is 1. The lowest BCUT2D eigenvalue weighted by atomic mass is 10.0. The van der Waals surface area contributed by atoms with Gasteiger partial charge in [0.2, 0.25) is 0 Å². The zero-order valence-corrected chi connectivity index (χ0v) is 39.8. The SMILES string of the molecule is CCCCCCCC/C=C/CCCCCCCCCCCCCC(=O)OC[C@H](COP(=O)(O)O)OC(=O)CCCCCCCCCCCCCCCCCCCCCC. The molecule has 350 valence electrons. The number of carbonyl (C=O) groups excluding carboxylic acids is 2. The van der Waals surface area contributed by atoms with E-state index in [9.17, 15) is 14.2 Å². The van der Waals surface area contributed by atoms with Crippen molar-refractivity contribution in [2.45, 2.75) is 283 Å². The van der Waals surface area contributed by atoms with Crippen molar-refractivity contribution in [1.29, 1.82) is 0 Å². The van der Waals surface area contributed by atoms with E-state index in [1.54, 1.807) is 0 Å². The number of rotatable bonds is 48. The fourth-order valence-electron chi connectivity index (χ4n) is 7.72. The lowest BCUT2D eigenvalue weighted by Crippen LogP contribution is -2.29. The molecule has 0 aliphatic carbocycles. The van der Waals surface area contributed by atoms with Crippen molar-refractivity contribution in [2.24, 2.45) is 0 Å². The van der Waals surface area contributed by atoms with Gasteiger partial charge >= 0.3 is 19.8 Å². The van der Waals surface area contributed by atoms with Gasteiger partial charge in [-0.15, -0.1) is 0 Å². The number of hydrogen-bond donors (Lipinski definition) is 2. The molecule has 0 fully saturated rings. The van der Waals surface area contributed by atoms with E-state index in [-0.39, 0.29) is 19.4 Å². The van der Waals surface area contributed by atoms with Crippen LogP contribution in [-0.4, -0.2) is 41.0 Å². The standard InChI is InChI=1S/C50H97O8P/c1-3-5-7-9-11-13-15-17-19-21-23-25-27-28-30-32-34-36-38-40-42-44-49(51)56-46-48(47-57-59(53,54)55)58-50(52)45-43-41-39-37-35-33-31-29-26-24-22-20-18-16-14-12-10-8-6-4-2/h17,19,48H,3-16,18,20-47H2,1-2H3,(H2,53,54,55)/b19-17+/t48-/m1/s1. The molecule has 0 aliphatic rings. The van der Waals surface area contributed by atoms with Crippen molar-refractivity contribution in [3.63, 3.8) is 0 Å². The molecule has 0 radical (unpaired) electrons. The second kappa shape index (κ2) is 46.3. The first-order chi connectivity index (χ1) is 28.8. The highest BCUT2D eigenvalue weighted by Gasteiger charge is 2.23. The van der Waals surface area contributed by atoms with E-state index >= 15 is 0 Å². The molecular formula is C50H97O8P. The lowest BCUT2D eigenvalue weighted by Gasteiger charge is -2.18. The molecule has 9 heteroatoms. The van der Waals surface area contributed by atoms with Crippen LogP contribution in [0.1, 0.15) is 277 Å². The summed E-state index contributed by atoms with van der Waals surface area (Å²) >= 11 is 0. The zero-order chi connectivity index (χ0) is 43.2. The van der Waals surface area contributed by atoms with Gasteiger partial charge < -0.3 is 19.3 Å².